The van der Waals surface area contributed by atoms with Gasteiger partial charge in [-0.05, 0) is 38.5 Å². The smallest absolute Gasteiger partial charge is 0.310 e. The molecule has 0 aliphatic rings. The normalized spacial score (nSPS) is 10.7. The van der Waals surface area contributed by atoms with E-state index in [1.165, 1.54) is 0 Å². The predicted molar refractivity (Wildman–Crippen MR) is 79.3 cm³/mol. The van der Waals surface area contributed by atoms with Crippen LogP contribution in [0.4, 0.5) is 0 Å². The van der Waals surface area contributed by atoms with Gasteiger partial charge in [-0.15, -0.1) is 0 Å². The lowest BCUT2D eigenvalue weighted by molar-refractivity contribution is -0.152. The Morgan fingerprint density at radius 2 is 1.62 bits per heavy atom. The third-order valence-electron chi connectivity index (χ3n) is 2.67. The van der Waals surface area contributed by atoms with Gasteiger partial charge in [0.25, 0.3) is 0 Å². The molecule has 1 aromatic carbocycles. The maximum Gasteiger partial charge on any atom is 0.310 e. The fourth-order valence-electron chi connectivity index (χ4n) is 1.76. The quantitative estimate of drug-likeness (QED) is 0.490. The topological polar surface area (TPSA) is 54.0 Å². The Labute approximate surface area is 126 Å². The van der Waals surface area contributed by atoms with E-state index in [0.29, 0.717) is 32.2 Å². The molecule has 0 N–H and O–H groups in total. The van der Waals surface area contributed by atoms with Gasteiger partial charge in [0.05, 0.1) is 13.0 Å². The molecule has 0 heterocycles. The van der Waals surface area contributed by atoms with E-state index in [0.717, 1.165) is 5.56 Å². The van der Waals surface area contributed by atoms with Crippen LogP contribution in [0.25, 0.3) is 0 Å². The molecule has 0 amide bonds. The van der Waals surface area contributed by atoms with Crippen molar-refractivity contribution < 1.29 is 23.7 Å². The second-order valence-electron chi connectivity index (χ2n) is 4.28. The zero-order chi connectivity index (χ0) is 15.5. The highest BCUT2D eigenvalue weighted by molar-refractivity contribution is 5.72. The Morgan fingerprint density at radius 3 is 2.14 bits per heavy atom. The number of ether oxygens (including phenoxy) is 4. The summed E-state index contributed by atoms with van der Waals surface area (Å²) >= 11 is 0. The first-order chi connectivity index (χ1) is 10.2. The van der Waals surface area contributed by atoms with Crippen molar-refractivity contribution >= 4 is 5.97 Å². The maximum atomic E-state index is 11.4. The van der Waals surface area contributed by atoms with Crippen molar-refractivity contribution in [3.63, 3.8) is 0 Å². The standard InChI is InChI=1S/C16H24O5/c1-4-18-15(17)11-13-7-9-14(10-8-13)21-12-16(19-5-2)20-6-3/h7-10,16H,4-6,11-12H2,1-3H3. The third kappa shape index (κ3) is 7.11. The van der Waals surface area contributed by atoms with Gasteiger partial charge in [0.2, 0.25) is 0 Å². The van der Waals surface area contributed by atoms with Crippen LogP contribution in [0.3, 0.4) is 0 Å². The molecule has 21 heavy (non-hydrogen) atoms. The predicted octanol–water partition coefficient (Wildman–Crippen LogP) is 2.57. The number of hydrogen-bond acceptors (Lipinski definition) is 5. The van der Waals surface area contributed by atoms with E-state index >= 15 is 0 Å². The summed E-state index contributed by atoms with van der Waals surface area (Å²) in [6.07, 6.45) is -0.0894. The highest BCUT2D eigenvalue weighted by Crippen LogP contribution is 2.14. The summed E-state index contributed by atoms with van der Waals surface area (Å²) in [5, 5.41) is 0. The molecule has 5 heteroatoms. The summed E-state index contributed by atoms with van der Waals surface area (Å²) in [7, 11) is 0. The second-order valence-corrected chi connectivity index (χ2v) is 4.28. The van der Waals surface area contributed by atoms with Gasteiger partial charge >= 0.3 is 5.97 Å². The fourth-order valence-corrected chi connectivity index (χ4v) is 1.76. The van der Waals surface area contributed by atoms with Gasteiger partial charge < -0.3 is 18.9 Å². The lowest BCUT2D eigenvalue weighted by Crippen LogP contribution is -2.25. The van der Waals surface area contributed by atoms with Crippen molar-refractivity contribution in [3.05, 3.63) is 29.8 Å². The van der Waals surface area contributed by atoms with Crippen molar-refractivity contribution in [1.29, 1.82) is 0 Å². The molecule has 0 bridgehead atoms. The first kappa shape index (κ1) is 17.5. The molecule has 0 radical (unpaired) electrons. The van der Waals surface area contributed by atoms with Gasteiger partial charge in [-0.3, -0.25) is 4.79 Å². The molecule has 0 spiro atoms. The lowest BCUT2D eigenvalue weighted by atomic mass is 10.1. The summed E-state index contributed by atoms with van der Waals surface area (Å²) in [5.41, 5.74) is 0.895. The van der Waals surface area contributed by atoms with Crippen molar-refractivity contribution in [1.82, 2.24) is 0 Å². The number of carbonyl (C=O) groups is 1. The van der Waals surface area contributed by atoms with Crippen LogP contribution in [-0.2, 0) is 25.4 Å². The van der Waals surface area contributed by atoms with E-state index in [1.54, 1.807) is 6.92 Å². The SMILES string of the molecule is CCOC(=O)Cc1ccc(OCC(OCC)OCC)cc1. The molecule has 1 aromatic rings. The fraction of sp³-hybridized carbons (Fsp3) is 0.562. The second kappa shape index (κ2) is 10.2. The Bertz CT molecular complexity index is 396. The molecule has 0 aliphatic heterocycles. The number of esters is 1. The summed E-state index contributed by atoms with van der Waals surface area (Å²) in [5.74, 6) is 0.492. The Kier molecular flexibility index (Phi) is 8.47. The Balaban J connectivity index is 2.44. The molecule has 0 unspecified atom stereocenters. The first-order valence-electron chi connectivity index (χ1n) is 7.30. The minimum atomic E-state index is -0.362. The average Bonchev–Trinajstić information content (AvgIpc) is 2.47. The van der Waals surface area contributed by atoms with Gasteiger partial charge in [-0.1, -0.05) is 12.1 Å². The van der Waals surface area contributed by atoms with Crippen LogP contribution in [0, 0.1) is 0 Å². The van der Waals surface area contributed by atoms with Crippen LogP contribution in [0.15, 0.2) is 24.3 Å². The van der Waals surface area contributed by atoms with Crippen LogP contribution >= 0.6 is 0 Å². The van der Waals surface area contributed by atoms with Crippen LogP contribution in [-0.4, -0.2) is 38.7 Å². The van der Waals surface area contributed by atoms with Gasteiger partial charge in [-0.2, -0.15) is 0 Å². The van der Waals surface area contributed by atoms with E-state index < -0.39 is 0 Å². The largest absolute Gasteiger partial charge is 0.488 e. The lowest BCUT2D eigenvalue weighted by Gasteiger charge is -2.17. The highest BCUT2D eigenvalue weighted by Gasteiger charge is 2.09. The van der Waals surface area contributed by atoms with E-state index in [1.807, 2.05) is 38.1 Å². The van der Waals surface area contributed by atoms with Crippen LogP contribution < -0.4 is 4.74 Å². The summed E-state index contributed by atoms with van der Waals surface area (Å²) in [4.78, 5) is 11.4. The molecule has 0 aliphatic carbocycles. The first-order valence-corrected chi connectivity index (χ1v) is 7.30. The van der Waals surface area contributed by atoms with Crippen LogP contribution in [0.2, 0.25) is 0 Å². The average molecular weight is 296 g/mol. The van der Waals surface area contributed by atoms with E-state index in [4.69, 9.17) is 18.9 Å². The molecule has 1 rings (SSSR count). The van der Waals surface area contributed by atoms with Crippen molar-refractivity contribution in [3.8, 4) is 5.75 Å². The summed E-state index contributed by atoms with van der Waals surface area (Å²) < 4.78 is 21.3. The molecule has 0 fully saturated rings. The molecule has 0 saturated heterocycles. The van der Waals surface area contributed by atoms with Gasteiger partial charge in [-0.25, -0.2) is 0 Å². The number of benzene rings is 1. The zero-order valence-electron chi connectivity index (χ0n) is 13.0. The van der Waals surface area contributed by atoms with E-state index in [9.17, 15) is 4.79 Å². The number of rotatable bonds is 10. The third-order valence-corrected chi connectivity index (χ3v) is 2.67. The minimum Gasteiger partial charge on any atom is -0.488 e. The molecule has 0 aromatic heterocycles. The zero-order valence-corrected chi connectivity index (χ0v) is 13.0. The Morgan fingerprint density at radius 1 is 1.00 bits per heavy atom. The Hall–Kier alpha value is -1.59. The molecule has 0 saturated carbocycles. The molecular formula is C16H24O5. The van der Waals surface area contributed by atoms with E-state index in [2.05, 4.69) is 0 Å². The number of carbonyl (C=O) groups excluding carboxylic acids is 1. The minimum absolute atomic E-state index is 0.223. The van der Waals surface area contributed by atoms with Gasteiger partial charge in [0.15, 0.2) is 6.29 Å². The van der Waals surface area contributed by atoms with Gasteiger partial charge in [0, 0.05) is 13.2 Å². The maximum absolute atomic E-state index is 11.4. The summed E-state index contributed by atoms with van der Waals surface area (Å²) in [6, 6.07) is 7.35. The molecule has 5 nitrogen and oxygen atoms in total. The van der Waals surface area contributed by atoms with Crippen molar-refractivity contribution in [2.75, 3.05) is 26.4 Å². The van der Waals surface area contributed by atoms with Crippen molar-refractivity contribution in [2.24, 2.45) is 0 Å². The van der Waals surface area contributed by atoms with Crippen molar-refractivity contribution in [2.45, 2.75) is 33.5 Å². The highest BCUT2D eigenvalue weighted by atomic mass is 16.7. The van der Waals surface area contributed by atoms with Crippen LogP contribution in [0.1, 0.15) is 26.3 Å². The van der Waals surface area contributed by atoms with E-state index in [-0.39, 0.29) is 18.7 Å². The molecular weight excluding hydrogens is 272 g/mol. The van der Waals surface area contributed by atoms with Crippen LogP contribution in [0.5, 0.6) is 5.75 Å². The monoisotopic (exact) mass is 296 g/mol. The molecule has 0 atom stereocenters. The van der Waals surface area contributed by atoms with Gasteiger partial charge in [0.1, 0.15) is 12.4 Å². The molecule has 118 valence electrons. The summed E-state index contributed by atoms with van der Waals surface area (Å²) in [6.45, 7) is 7.50. The number of hydrogen-bond donors (Lipinski definition) is 0.